The monoisotopic (exact) mass is 2050 g/mol. The van der Waals surface area contributed by atoms with Crippen molar-refractivity contribution in [3.05, 3.63) is 139 Å². The minimum atomic E-state index is -4.08. The van der Waals surface area contributed by atoms with E-state index in [4.69, 9.17) is 162 Å². The van der Waals surface area contributed by atoms with Crippen molar-refractivity contribution in [1.82, 2.24) is 29.4 Å². The van der Waals surface area contributed by atoms with Crippen LogP contribution in [0.5, 0.6) is 69.0 Å². The predicted molar refractivity (Wildman–Crippen MR) is 565 cm³/mol. The third kappa shape index (κ3) is 27.1. The zero-order valence-electron chi connectivity index (χ0n) is 165. The largest absolute Gasteiger partial charge is 0.493 e. The first-order chi connectivity index (χ1) is 100. The highest BCUT2D eigenvalue weighted by Crippen LogP contribution is 2.53. The van der Waals surface area contributed by atoms with E-state index in [1.54, 1.807) is 13.8 Å². The second-order valence-electron chi connectivity index (χ2n) is 36.0. The molecule has 12 aliphatic heterocycles. The van der Waals surface area contributed by atoms with Crippen LogP contribution in [-0.4, -0.2) is 260 Å². The Labute approximate surface area is 969 Å². The standard InChI is InChI=1S/4C20H31NO3.2C19H29NO3/c4*1-20(2,3)11-14-12-21-7-6-13-8-18(23-4)19(24-5)9-15(13)16(21)10-17(14)22;2*1-12(2)7-14-11-20-6-5-13-8-18(22-3)19(23-4)9-15(13)16(20)10-17(14)21/h4*8-9,14,16-17,22H,6-7,10-12H2,1-5H3;2*8-9,12,14,16-17,21H,5-7,10-11H2,1-4H3/i2*1D3,2D3,5D3,8D,9D,10D2,11D2,14D,16D,17D;2*1D3,2D3,8D,9D,10D2,11D2,14D,16D,17D;4D3,8D,9D,10D2,14D,16D,17D;8D,9D,10D2,14D,16D,17D. The van der Waals surface area contributed by atoms with Gasteiger partial charge in [-0.2, -0.15) is 0 Å². The fourth-order valence-electron chi connectivity index (χ4n) is 17.5. The van der Waals surface area contributed by atoms with Crippen molar-refractivity contribution >= 4 is 0 Å². The summed E-state index contributed by atoms with van der Waals surface area (Å²) in [5, 5.41) is 68.1. The summed E-state index contributed by atoms with van der Waals surface area (Å²) in [6.07, 6.45) is -58.6. The quantitative estimate of drug-likeness (QED) is 0.0415. The molecule has 0 radical (unpaired) electrons. The summed E-state index contributed by atoms with van der Waals surface area (Å²) < 4.78 is 758. The normalized spacial score (nSPS) is 48.8. The number of ether oxygens (including phenoxy) is 12. The van der Waals surface area contributed by atoms with Crippen LogP contribution in [-0.2, 0) is 38.5 Å². The second-order valence-corrected chi connectivity index (χ2v) is 36.0. The fourth-order valence-corrected chi connectivity index (χ4v) is 17.5. The Morgan fingerprint density at radius 2 is 0.437 bits per heavy atom. The Morgan fingerprint density at radius 1 is 0.282 bits per heavy atom. The lowest BCUT2D eigenvalue weighted by atomic mass is 9.75. The van der Waals surface area contributed by atoms with E-state index in [0.29, 0.717) is 27.7 Å². The van der Waals surface area contributed by atoms with Crippen LogP contribution in [0.3, 0.4) is 0 Å². The molecule has 0 saturated carbocycles. The summed E-state index contributed by atoms with van der Waals surface area (Å²) >= 11 is 0. The highest BCUT2D eigenvalue weighted by Gasteiger charge is 2.48. The molecular weight excluding hydrogens is 1790 g/mol. The number of rotatable bonds is 20. The first-order valence-electron chi connectivity index (χ1n) is 86.8. The third-order valence-corrected chi connectivity index (χ3v) is 23.6. The molecule has 24 nitrogen and oxygen atoms in total. The molecule has 792 valence electrons. The molecule has 0 aromatic heterocycles. The number of aliphatic hydroxyl groups is 6. The molecule has 0 bridgehead atoms. The number of hydrogen-bond donors (Lipinski definition) is 6. The van der Waals surface area contributed by atoms with Gasteiger partial charge in [0.25, 0.3) is 0 Å². The molecule has 12 heterocycles. The Bertz CT molecular complexity index is 8890. The van der Waals surface area contributed by atoms with Gasteiger partial charge in [-0.15, -0.1) is 0 Å². The van der Waals surface area contributed by atoms with Gasteiger partial charge in [-0.1, -0.05) is 110 Å². The van der Waals surface area contributed by atoms with Gasteiger partial charge in [0.1, 0.15) is 0 Å². The summed E-state index contributed by atoms with van der Waals surface area (Å²) in [7, 11) is 1.29. The topological polar surface area (TPSA) is 252 Å². The maximum absolute atomic E-state index is 11.5. The molecule has 24 heteroatoms. The number of methoxy groups -OCH3 is 12. The maximum Gasteiger partial charge on any atom is 0.161 e. The van der Waals surface area contributed by atoms with Crippen LogP contribution in [0.4, 0.5) is 0 Å². The second kappa shape index (κ2) is 48.2. The van der Waals surface area contributed by atoms with Crippen LogP contribution in [0, 0.1) is 68.9 Å². The Morgan fingerprint density at radius 3 is 0.592 bits per heavy atom. The highest BCUT2D eigenvalue weighted by atomic mass is 16.5. The summed E-state index contributed by atoms with van der Waals surface area (Å²) in [5.74, 6) is -22.9. The number of nitrogens with zero attached hydrogens (tertiary/aromatic N) is 6. The number of piperidine rings is 6. The Balaban J connectivity index is 0.000000215. The van der Waals surface area contributed by atoms with Gasteiger partial charge in [-0.05, 0) is 323 Å². The van der Waals surface area contributed by atoms with Gasteiger partial charge < -0.3 is 87.5 Å². The van der Waals surface area contributed by atoms with Gasteiger partial charge in [-0.3, -0.25) is 29.4 Å². The molecule has 18 rings (SSSR count). The molecule has 6 aromatic rings. The van der Waals surface area contributed by atoms with Crippen molar-refractivity contribution in [3.8, 4) is 69.0 Å². The fraction of sp³-hybridized carbons (Fsp3) is 0.695. The van der Waals surface area contributed by atoms with E-state index in [2.05, 4.69) is 0 Å². The van der Waals surface area contributed by atoms with E-state index in [-0.39, 0.29) is 217 Å². The number of benzene rings is 6. The van der Waals surface area contributed by atoms with E-state index in [1.807, 2.05) is 13.8 Å². The smallest absolute Gasteiger partial charge is 0.161 e. The zero-order chi connectivity index (χ0) is 176. The summed E-state index contributed by atoms with van der Waals surface area (Å²) in [6.45, 7) is -26.4. The average molecular weight is 2060 g/mol. The van der Waals surface area contributed by atoms with Crippen LogP contribution < -0.4 is 56.8 Å². The van der Waals surface area contributed by atoms with Crippen LogP contribution in [0.15, 0.2) is 72.5 Å². The van der Waals surface area contributed by atoms with Crippen LogP contribution in [0.25, 0.3) is 0 Å². The lowest BCUT2D eigenvalue weighted by Gasteiger charge is -2.47. The van der Waals surface area contributed by atoms with Crippen LogP contribution in [0.1, 0.15) is 403 Å². The summed E-state index contributed by atoms with van der Waals surface area (Å²) in [6, 6.07) is -23.1. The first kappa shape index (κ1) is 45.5. The van der Waals surface area contributed by atoms with Crippen molar-refractivity contribution in [1.29, 1.82) is 0 Å². The van der Waals surface area contributed by atoms with Gasteiger partial charge in [0, 0.05) is 183 Å². The number of hydrogen-bond acceptors (Lipinski definition) is 24. The molecule has 6 saturated heterocycles. The molecule has 0 amide bonds. The van der Waals surface area contributed by atoms with Gasteiger partial charge in [-0.25, -0.2) is 0 Å². The summed E-state index contributed by atoms with van der Waals surface area (Å²) in [5.41, 5.74) is -16.5. The molecule has 142 heavy (non-hydrogen) atoms. The van der Waals surface area contributed by atoms with Crippen LogP contribution in [0.2, 0.25) is 0 Å². The maximum atomic E-state index is 11.5. The van der Waals surface area contributed by atoms with E-state index < -0.39 is 402 Å². The molecule has 18 unspecified atom stereocenters. The molecule has 6 fully saturated rings. The SMILES string of the molecule is [2H]c1c2c(c([2H])c(OC([2H])([2H])[2H])c1OC)C1([2H])N(CC2)CC([2H])(C([2H])([2H])C(C)(C([2H])([2H])[2H])C([2H])([2H])[2H])C([2H])(O)C1([2H])[2H].[2H]c1c2c(c([2H])c(OC([2H])([2H])[2H])c1OC)C1([2H])N(CC2)CC([2H])(C([2H])([2H])C(C)(C([2H])([2H])[2H])C([2H])([2H])[2H])C([2H])(O)C1([2H])[2H].[2H]c1c2c(c([2H])c(OC([2H])([2H])[2H])c1OC)C1([2H])N(CC2)CC([2H])(CC(C)C)C([2H])(O)C1([2H])[2H].[2H]c1c2c(c([2H])c(OC)c1OC)C1([2H])N(CC2)CC([2H])(C([2H])([2H])C(C)(C([2H])([2H])[2H])C([2H])([2H])[2H])C([2H])(O)C1([2H])[2H].[2H]c1c2c(c([2H])c(OC)c1OC)C1([2H])N(CC2)CC([2H])(C([2H])([2H])C(C)(C([2H])([2H])[2H])C([2H])([2H])[2H])C([2H])(O)C1([2H])[2H].[2H]c1c2c(c([2H])c(OC)c1OC)C1([2H])N(CC2)CC([2H])(CC(C)C)C([2H])(O)C1([2H])[2H]. The third-order valence-electron chi connectivity index (χ3n) is 23.6. The van der Waals surface area contributed by atoms with Gasteiger partial charge >= 0.3 is 0 Å². The molecule has 0 aliphatic carbocycles. The molecule has 6 N–H and O–H groups in total. The molecule has 6 aromatic carbocycles. The molecule has 12 aliphatic rings. The van der Waals surface area contributed by atoms with Crippen molar-refractivity contribution in [2.24, 2.45) is 68.9 Å². The van der Waals surface area contributed by atoms with Crippen LogP contribution >= 0.6 is 0 Å². The van der Waals surface area contributed by atoms with Crippen molar-refractivity contribution < 1.29 is 201 Å². The van der Waals surface area contributed by atoms with Crippen molar-refractivity contribution in [2.75, 3.05) is 164 Å². The van der Waals surface area contributed by atoms with Crippen molar-refractivity contribution in [3.63, 3.8) is 0 Å². The zero-order valence-corrected chi connectivity index (χ0v) is 82.1. The lowest BCUT2D eigenvalue weighted by Crippen LogP contribution is -2.48. The van der Waals surface area contributed by atoms with Crippen molar-refractivity contribution in [2.45, 2.75) is 298 Å². The lowest BCUT2D eigenvalue weighted by molar-refractivity contribution is -0.0259. The van der Waals surface area contributed by atoms with E-state index >= 15 is 0 Å². The minimum absolute atomic E-state index is 0.000599. The van der Waals surface area contributed by atoms with E-state index in [0.717, 1.165) is 48.0 Å². The molecule has 18 atom stereocenters. The Kier molecular flexibility index (Phi) is 15.4. The van der Waals surface area contributed by atoms with E-state index in [1.165, 1.54) is 45.3 Å². The summed E-state index contributed by atoms with van der Waals surface area (Å²) in [4.78, 5) is 6.00. The first-order valence-corrected chi connectivity index (χ1v) is 45.3. The predicted octanol–water partition coefficient (Wildman–Crippen LogP) is 19.7. The van der Waals surface area contributed by atoms with Gasteiger partial charge in [0.05, 0.1) is 167 Å². The van der Waals surface area contributed by atoms with Gasteiger partial charge in [0.15, 0.2) is 69.0 Å². The number of fused-ring (bicyclic) bond motifs is 18. The molecule has 0 spiro atoms. The highest BCUT2D eigenvalue weighted by molar-refractivity contribution is 5.55. The van der Waals surface area contributed by atoms with Gasteiger partial charge in [0.2, 0.25) is 0 Å². The minimum Gasteiger partial charge on any atom is -0.493 e. The van der Waals surface area contributed by atoms with E-state index in [9.17, 15) is 38.9 Å². The molecular formula is C118H182N6O18. The average Bonchev–Trinajstić information content (AvgIpc) is 0.660. The Hall–Kier alpha value is -7.56.